The lowest BCUT2D eigenvalue weighted by Gasteiger charge is -2.33. The fraction of sp³-hybridized carbons (Fsp3) is 0.529. The minimum absolute atomic E-state index is 0.0274. The van der Waals surface area contributed by atoms with Gasteiger partial charge in [-0.3, -0.25) is 9.59 Å². The number of halogens is 1. The maximum absolute atomic E-state index is 13.6. The van der Waals surface area contributed by atoms with Gasteiger partial charge >= 0.3 is 0 Å². The van der Waals surface area contributed by atoms with E-state index in [0.717, 1.165) is 0 Å². The van der Waals surface area contributed by atoms with Crippen LogP contribution in [0.1, 0.15) is 41.5 Å². The Labute approximate surface area is 137 Å². The van der Waals surface area contributed by atoms with E-state index in [0.29, 0.717) is 5.69 Å². The Morgan fingerprint density at radius 1 is 1.09 bits per heavy atom. The molecule has 1 rings (SSSR count). The number of hydrogen-bond donors (Lipinski definition) is 2. The van der Waals surface area contributed by atoms with Crippen molar-refractivity contribution in [3.05, 3.63) is 24.0 Å². The van der Waals surface area contributed by atoms with Crippen LogP contribution in [0, 0.1) is 5.82 Å². The van der Waals surface area contributed by atoms with Crippen LogP contribution in [-0.4, -0.2) is 34.8 Å². The molecule has 0 spiro atoms. The van der Waals surface area contributed by atoms with Gasteiger partial charge in [0.05, 0.1) is 5.69 Å². The van der Waals surface area contributed by atoms with E-state index in [-0.39, 0.29) is 29.6 Å². The average molecular weight is 323 g/mol. The van der Waals surface area contributed by atoms with Crippen molar-refractivity contribution in [2.75, 3.05) is 10.6 Å². The van der Waals surface area contributed by atoms with E-state index in [9.17, 15) is 14.0 Å². The Bertz CT molecular complexity index is 565. The summed E-state index contributed by atoms with van der Waals surface area (Å²) in [5, 5.41) is 5.49. The van der Waals surface area contributed by atoms with Crippen LogP contribution in [0.4, 0.5) is 15.8 Å². The van der Waals surface area contributed by atoms with Crippen molar-refractivity contribution in [2.24, 2.45) is 0 Å². The van der Waals surface area contributed by atoms with Gasteiger partial charge in [-0.2, -0.15) is 0 Å². The van der Waals surface area contributed by atoms with Crippen LogP contribution < -0.4 is 10.6 Å². The van der Waals surface area contributed by atoms with E-state index >= 15 is 0 Å². The molecular formula is C17H26FN3O2. The van der Waals surface area contributed by atoms with Gasteiger partial charge in [0.25, 0.3) is 0 Å². The summed E-state index contributed by atoms with van der Waals surface area (Å²) in [4.78, 5) is 25.5. The molecule has 0 bridgehead atoms. The highest BCUT2D eigenvalue weighted by Crippen LogP contribution is 2.21. The molecule has 6 heteroatoms. The second-order valence-corrected chi connectivity index (χ2v) is 6.17. The van der Waals surface area contributed by atoms with E-state index in [1.165, 1.54) is 19.1 Å². The molecule has 0 aromatic heterocycles. The summed E-state index contributed by atoms with van der Waals surface area (Å²) in [5.74, 6) is -0.896. The minimum Gasteiger partial charge on any atom is -0.374 e. The van der Waals surface area contributed by atoms with Gasteiger partial charge in [-0.05, 0) is 52.8 Å². The molecule has 128 valence electrons. The number of benzene rings is 1. The molecule has 1 atom stereocenters. The monoisotopic (exact) mass is 323 g/mol. The van der Waals surface area contributed by atoms with Gasteiger partial charge in [-0.15, -0.1) is 0 Å². The second-order valence-electron chi connectivity index (χ2n) is 6.17. The molecule has 0 radical (unpaired) electrons. The van der Waals surface area contributed by atoms with Crippen molar-refractivity contribution in [1.82, 2.24) is 4.90 Å². The molecule has 0 heterocycles. The second kappa shape index (κ2) is 7.94. The van der Waals surface area contributed by atoms with Gasteiger partial charge in [0.1, 0.15) is 11.9 Å². The number of rotatable bonds is 6. The first-order valence-electron chi connectivity index (χ1n) is 7.79. The summed E-state index contributed by atoms with van der Waals surface area (Å²) >= 11 is 0. The van der Waals surface area contributed by atoms with Crippen LogP contribution in [0.15, 0.2) is 18.2 Å². The van der Waals surface area contributed by atoms with Crippen molar-refractivity contribution in [3.8, 4) is 0 Å². The third-order valence-electron chi connectivity index (χ3n) is 3.40. The van der Waals surface area contributed by atoms with Gasteiger partial charge in [0.2, 0.25) is 11.8 Å². The maximum Gasteiger partial charge on any atom is 0.245 e. The first kappa shape index (κ1) is 18.9. The number of nitrogens with zero attached hydrogens (tertiary/aromatic N) is 1. The van der Waals surface area contributed by atoms with Crippen LogP contribution in [-0.2, 0) is 9.59 Å². The molecule has 5 nitrogen and oxygen atoms in total. The quantitative estimate of drug-likeness (QED) is 0.845. The molecule has 1 aromatic rings. The third-order valence-corrected chi connectivity index (χ3v) is 3.40. The first-order valence-corrected chi connectivity index (χ1v) is 7.79. The Kier molecular flexibility index (Phi) is 6.54. The van der Waals surface area contributed by atoms with Crippen molar-refractivity contribution in [1.29, 1.82) is 0 Å². The lowest BCUT2D eigenvalue weighted by molar-refractivity contribution is -0.135. The molecule has 0 saturated carbocycles. The summed E-state index contributed by atoms with van der Waals surface area (Å²) in [6.07, 6.45) is 0. The van der Waals surface area contributed by atoms with E-state index in [2.05, 4.69) is 10.6 Å². The molecule has 0 fully saturated rings. The molecule has 1 aromatic carbocycles. The summed E-state index contributed by atoms with van der Waals surface area (Å²) in [6, 6.07) is 4.00. The molecule has 23 heavy (non-hydrogen) atoms. The average Bonchev–Trinajstić information content (AvgIpc) is 2.41. The lowest BCUT2D eigenvalue weighted by Crippen LogP contribution is -2.48. The van der Waals surface area contributed by atoms with Crippen LogP contribution in [0.5, 0.6) is 0 Å². The molecule has 0 aliphatic heterocycles. The van der Waals surface area contributed by atoms with Crippen molar-refractivity contribution in [2.45, 2.75) is 59.7 Å². The summed E-state index contributed by atoms with van der Waals surface area (Å²) in [7, 11) is 0. The van der Waals surface area contributed by atoms with Gasteiger partial charge in [-0.25, -0.2) is 4.39 Å². The highest BCUT2D eigenvalue weighted by atomic mass is 19.1. The number of anilines is 2. The predicted octanol–water partition coefficient (Wildman–Crippen LogP) is 3.23. The SMILES string of the molecule is CC(=O)Nc1cc(N[C@@H](C)C(=O)N(C(C)C)C(C)C)ccc1F. The lowest BCUT2D eigenvalue weighted by atomic mass is 10.1. The summed E-state index contributed by atoms with van der Waals surface area (Å²) in [6.45, 7) is 11.0. The number of amides is 2. The first-order chi connectivity index (χ1) is 10.6. The third kappa shape index (κ3) is 5.23. The van der Waals surface area contributed by atoms with Gasteiger partial charge < -0.3 is 15.5 Å². The topological polar surface area (TPSA) is 61.4 Å². The van der Waals surface area contributed by atoms with E-state index in [4.69, 9.17) is 0 Å². The number of carbonyl (C=O) groups is 2. The number of hydrogen-bond acceptors (Lipinski definition) is 3. The molecule has 2 N–H and O–H groups in total. The predicted molar refractivity (Wildman–Crippen MR) is 90.9 cm³/mol. The van der Waals surface area contributed by atoms with E-state index in [1.54, 1.807) is 17.9 Å². The fourth-order valence-corrected chi connectivity index (χ4v) is 2.54. The maximum atomic E-state index is 13.6. The summed E-state index contributed by atoms with van der Waals surface area (Å²) < 4.78 is 13.6. The molecular weight excluding hydrogens is 297 g/mol. The highest BCUT2D eigenvalue weighted by Gasteiger charge is 2.25. The smallest absolute Gasteiger partial charge is 0.245 e. The van der Waals surface area contributed by atoms with Gasteiger partial charge in [0.15, 0.2) is 0 Å². The Balaban J connectivity index is 2.90. The number of nitrogens with one attached hydrogen (secondary N) is 2. The van der Waals surface area contributed by atoms with Crippen molar-refractivity contribution < 1.29 is 14.0 Å². The van der Waals surface area contributed by atoms with Gasteiger partial charge in [0, 0.05) is 24.7 Å². The Hall–Kier alpha value is -2.11. The zero-order valence-electron chi connectivity index (χ0n) is 14.6. The van der Waals surface area contributed by atoms with Crippen LogP contribution >= 0.6 is 0 Å². The van der Waals surface area contributed by atoms with E-state index < -0.39 is 11.9 Å². The van der Waals surface area contributed by atoms with Crippen molar-refractivity contribution >= 4 is 23.2 Å². The number of carbonyl (C=O) groups excluding carboxylic acids is 2. The Morgan fingerprint density at radius 2 is 1.65 bits per heavy atom. The molecule has 2 amide bonds. The largest absolute Gasteiger partial charge is 0.374 e. The Morgan fingerprint density at radius 3 is 2.13 bits per heavy atom. The molecule has 0 unspecified atom stereocenters. The zero-order chi connectivity index (χ0) is 17.7. The fourth-order valence-electron chi connectivity index (χ4n) is 2.54. The van der Waals surface area contributed by atoms with Crippen LogP contribution in [0.3, 0.4) is 0 Å². The molecule has 0 aliphatic carbocycles. The van der Waals surface area contributed by atoms with Crippen LogP contribution in [0.25, 0.3) is 0 Å². The van der Waals surface area contributed by atoms with E-state index in [1.807, 2.05) is 27.7 Å². The molecule has 0 saturated heterocycles. The molecule has 0 aliphatic rings. The van der Waals surface area contributed by atoms with Crippen molar-refractivity contribution in [3.63, 3.8) is 0 Å². The standard InChI is InChI=1S/C17H26FN3O2/c1-10(2)21(11(3)4)17(23)12(5)19-14-7-8-15(18)16(9-14)20-13(6)22/h7-12,19H,1-6H3,(H,20,22)/t12-/m0/s1. The highest BCUT2D eigenvalue weighted by molar-refractivity contribution is 5.90. The summed E-state index contributed by atoms with van der Waals surface area (Å²) in [5.41, 5.74) is 0.662. The minimum atomic E-state index is -0.518. The van der Waals surface area contributed by atoms with Crippen LogP contribution in [0.2, 0.25) is 0 Å². The zero-order valence-corrected chi connectivity index (χ0v) is 14.6. The normalized spacial score (nSPS) is 12.2. The van der Waals surface area contributed by atoms with Gasteiger partial charge in [-0.1, -0.05) is 0 Å².